The summed E-state index contributed by atoms with van der Waals surface area (Å²) in [5.41, 5.74) is 4.54. The summed E-state index contributed by atoms with van der Waals surface area (Å²) in [5, 5.41) is 13.5. The lowest BCUT2D eigenvalue weighted by molar-refractivity contribution is 0.0697. The van der Waals surface area contributed by atoms with Crippen molar-refractivity contribution in [2.45, 2.75) is 51.4 Å². The Hall–Kier alpha value is -3.05. The summed E-state index contributed by atoms with van der Waals surface area (Å²) < 4.78 is 6.17. The third-order valence-electron chi connectivity index (χ3n) is 6.85. The molecule has 5 rings (SSSR count). The number of nitrogens with zero attached hydrogens (tertiary/aromatic N) is 2. The van der Waals surface area contributed by atoms with Gasteiger partial charge < -0.3 is 15.2 Å². The summed E-state index contributed by atoms with van der Waals surface area (Å²) in [7, 11) is 0. The first-order valence-corrected chi connectivity index (χ1v) is 12.4. The minimum Gasteiger partial charge on any atom is -0.393 e. The number of ketones is 1. The van der Waals surface area contributed by atoms with Crippen LogP contribution in [0.3, 0.4) is 0 Å². The van der Waals surface area contributed by atoms with Crippen LogP contribution in [0.15, 0.2) is 36.8 Å². The molecule has 3 aromatic rings. The number of carbonyl (C=O) groups excluding carboxylic acids is 1. The highest BCUT2D eigenvalue weighted by molar-refractivity contribution is 7.14. The standard InChI is InChI=1S/C27H27N3O3S/c1-4-17-5-6-18-7-8-33-26(21(18)10-17)20-12-24(34-16(20)3)25(32)22-13-28-14-29-27(22)30-19-9-15(2)23(31)11-19/h1,5-6,10,12-15,19,23,26,31H,7-9,11H2,2-3H3,(H,28,29,30)/t15-,19-,23+,26+/m1/s1. The van der Waals surface area contributed by atoms with E-state index >= 15 is 0 Å². The first kappa shape index (κ1) is 22.7. The minimum atomic E-state index is -0.339. The first-order valence-electron chi connectivity index (χ1n) is 11.5. The molecule has 0 radical (unpaired) electrons. The van der Waals surface area contributed by atoms with Gasteiger partial charge in [-0.05, 0) is 67.0 Å². The van der Waals surface area contributed by atoms with Gasteiger partial charge in [-0.25, -0.2) is 9.97 Å². The zero-order valence-electron chi connectivity index (χ0n) is 19.2. The maximum absolute atomic E-state index is 13.5. The molecule has 0 bridgehead atoms. The van der Waals surface area contributed by atoms with E-state index in [2.05, 4.69) is 27.3 Å². The molecule has 6 nitrogen and oxygen atoms in total. The van der Waals surface area contributed by atoms with Crippen LogP contribution in [0.1, 0.15) is 68.2 Å². The first-order chi connectivity index (χ1) is 16.4. The van der Waals surface area contributed by atoms with Gasteiger partial charge in [0.25, 0.3) is 0 Å². The number of aliphatic hydroxyl groups is 1. The highest BCUT2D eigenvalue weighted by atomic mass is 32.1. The van der Waals surface area contributed by atoms with Crippen LogP contribution in [0.2, 0.25) is 0 Å². The number of anilines is 1. The number of hydrogen-bond acceptors (Lipinski definition) is 7. The highest BCUT2D eigenvalue weighted by Crippen LogP contribution is 2.39. The molecule has 1 saturated carbocycles. The summed E-state index contributed by atoms with van der Waals surface area (Å²) in [4.78, 5) is 23.6. The van der Waals surface area contributed by atoms with Crippen molar-refractivity contribution in [2.24, 2.45) is 5.92 Å². The fraction of sp³-hybridized carbons (Fsp3) is 0.370. The average Bonchev–Trinajstić information content (AvgIpc) is 3.39. The lowest BCUT2D eigenvalue weighted by Gasteiger charge is -2.26. The summed E-state index contributed by atoms with van der Waals surface area (Å²) in [5.74, 6) is 3.31. The van der Waals surface area contributed by atoms with Crippen LogP contribution in [0.5, 0.6) is 0 Å². The summed E-state index contributed by atoms with van der Waals surface area (Å²) >= 11 is 1.45. The number of benzene rings is 1. The van der Waals surface area contributed by atoms with Gasteiger partial charge in [-0.15, -0.1) is 17.8 Å². The second kappa shape index (κ2) is 9.30. The largest absolute Gasteiger partial charge is 0.393 e. The molecule has 0 saturated heterocycles. The third kappa shape index (κ3) is 4.25. The molecule has 1 fully saturated rings. The van der Waals surface area contributed by atoms with Gasteiger partial charge in [-0.2, -0.15) is 0 Å². The number of nitrogens with one attached hydrogen (secondary N) is 1. The number of thiophene rings is 1. The molecule has 1 aliphatic heterocycles. The van der Waals surface area contributed by atoms with E-state index in [-0.39, 0.29) is 30.0 Å². The topological polar surface area (TPSA) is 84.3 Å². The van der Waals surface area contributed by atoms with Crippen LogP contribution >= 0.6 is 11.3 Å². The second-order valence-electron chi connectivity index (χ2n) is 9.15. The van der Waals surface area contributed by atoms with Gasteiger partial charge in [-0.1, -0.05) is 18.9 Å². The molecule has 174 valence electrons. The normalized spacial score (nSPS) is 23.8. The van der Waals surface area contributed by atoms with Crippen molar-refractivity contribution < 1.29 is 14.6 Å². The van der Waals surface area contributed by atoms with Crippen molar-refractivity contribution in [3.8, 4) is 12.3 Å². The van der Waals surface area contributed by atoms with Gasteiger partial charge in [0, 0.05) is 22.7 Å². The predicted molar refractivity (Wildman–Crippen MR) is 132 cm³/mol. The molecule has 2 aromatic heterocycles. The van der Waals surface area contributed by atoms with E-state index in [0.717, 1.165) is 34.4 Å². The lowest BCUT2D eigenvalue weighted by Crippen LogP contribution is -2.20. The Morgan fingerprint density at radius 3 is 2.91 bits per heavy atom. The molecule has 7 heteroatoms. The van der Waals surface area contributed by atoms with Gasteiger partial charge >= 0.3 is 0 Å². The number of fused-ring (bicyclic) bond motifs is 1. The number of aryl methyl sites for hydroxylation is 1. The SMILES string of the molecule is C#Cc1ccc2c(c1)[C@H](c1cc(C(=O)c3cncnc3N[C@@H]3C[C@@H](C)[C@@H](O)C3)sc1C)OCC2. The zero-order valence-corrected chi connectivity index (χ0v) is 20.1. The van der Waals surface area contributed by atoms with Gasteiger partial charge in [0.2, 0.25) is 5.78 Å². The zero-order chi connectivity index (χ0) is 23.8. The van der Waals surface area contributed by atoms with E-state index < -0.39 is 0 Å². The van der Waals surface area contributed by atoms with Gasteiger partial charge in [0.05, 0.1) is 23.2 Å². The maximum Gasteiger partial charge on any atom is 0.208 e. The summed E-state index contributed by atoms with van der Waals surface area (Å²) in [6, 6.07) is 8.06. The molecular formula is C27H27N3O3S. The van der Waals surface area contributed by atoms with Crippen LogP contribution in [0.25, 0.3) is 0 Å². The summed E-state index contributed by atoms with van der Waals surface area (Å²) in [6.07, 6.45) is 10.4. The van der Waals surface area contributed by atoms with Crippen molar-refractivity contribution in [3.05, 3.63) is 74.4 Å². The van der Waals surface area contributed by atoms with E-state index in [4.69, 9.17) is 11.2 Å². The smallest absolute Gasteiger partial charge is 0.208 e. The molecule has 1 aromatic carbocycles. The average molecular weight is 474 g/mol. The number of terminal acetylenes is 1. The molecule has 0 spiro atoms. The van der Waals surface area contributed by atoms with Crippen LogP contribution in [0.4, 0.5) is 5.82 Å². The molecular weight excluding hydrogens is 446 g/mol. The van der Waals surface area contributed by atoms with Crippen molar-refractivity contribution in [3.63, 3.8) is 0 Å². The Morgan fingerprint density at radius 1 is 1.29 bits per heavy atom. The van der Waals surface area contributed by atoms with E-state index in [1.165, 1.54) is 23.2 Å². The number of hydrogen-bond donors (Lipinski definition) is 2. The molecule has 4 atom stereocenters. The lowest BCUT2D eigenvalue weighted by atomic mass is 9.91. The minimum absolute atomic E-state index is 0.0737. The van der Waals surface area contributed by atoms with Crippen molar-refractivity contribution in [1.29, 1.82) is 0 Å². The third-order valence-corrected chi connectivity index (χ3v) is 7.92. The van der Waals surface area contributed by atoms with Crippen LogP contribution in [-0.4, -0.2) is 39.6 Å². The quantitative estimate of drug-likeness (QED) is 0.425. The number of carbonyl (C=O) groups is 1. The van der Waals surface area contributed by atoms with Crippen LogP contribution in [-0.2, 0) is 11.2 Å². The Bertz CT molecular complexity index is 1270. The summed E-state index contributed by atoms with van der Waals surface area (Å²) in [6.45, 7) is 4.67. The van der Waals surface area contributed by atoms with Crippen molar-refractivity contribution in [1.82, 2.24) is 9.97 Å². The van der Waals surface area contributed by atoms with E-state index in [0.29, 0.717) is 29.3 Å². The predicted octanol–water partition coefficient (Wildman–Crippen LogP) is 4.29. The molecule has 34 heavy (non-hydrogen) atoms. The Morgan fingerprint density at radius 2 is 2.15 bits per heavy atom. The Kier molecular flexibility index (Phi) is 6.22. The molecule has 2 aliphatic rings. The molecule has 3 heterocycles. The van der Waals surface area contributed by atoms with Crippen molar-refractivity contribution in [2.75, 3.05) is 11.9 Å². The van der Waals surface area contributed by atoms with E-state index in [1.54, 1.807) is 6.20 Å². The Labute approximate surface area is 203 Å². The number of aliphatic hydroxyl groups excluding tert-OH is 1. The fourth-order valence-corrected chi connectivity index (χ4v) is 5.94. The number of rotatable bonds is 5. The molecule has 0 unspecified atom stereocenters. The van der Waals surface area contributed by atoms with Gasteiger partial charge in [0.1, 0.15) is 18.2 Å². The fourth-order valence-electron chi connectivity index (χ4n) is 4.94. The van der Waals surface area contributed by atoms with Crippen molar-refractivity contribution >= 4 is 22.9 Å². The van der Waals surface area contributed by atoms with Gasteiger partial charge in [-0.3, -0.25) is 4.79 Å². The molecule has 2 N–H and O–H groups in total. The van der Waals surface area contributed by atoms with Crippen LogP contribution in [0, 0.1) is 25.2 Å². The Balaban J connectivity index is 1.44. The number of aromatic nitrogens is 2. The second-order valence-corrected chi connectivity index (χ2v) is 10.4. The number of ether oxygens (including phenoxy) is 1. The van der Waals surface area contributed by atoms with E-state index in [9.17, 15) is 9.90 Å². The monoisotopic (exact) mass is 473 g/mol. The van der Waals surface area contributed by atoms with Crippen LogP contribution < -0.4 is 5.32 Å². The van der Waals surface area contributed by atoms with E-state index in [1.807, 2.05) is 32.0 Å². The van der Waals surface area contributed by atoms with Gasteiger partial charge in [0.15, 0.2) is 0 Å². The molecule has 1 aliphatic carbocycles. The molecule has 0 amide bonds. The maximum atomic E-state index is 13.5. The highest BCUT2D eigenvalue weighted by Gasteiger charge is 2.31.